The van der Waals surface area contributed by atoms with Gasteiger partial charge in [-0.3, -0.25) is 4.57 Å². The number of pyridine rings is 1. The second-order valence-electron chi connectivity index (χ2n) is 24.6. The van der Waals surface area contributed by atoms with Gasteiger partial charge in [0.25, 0.3) is 6.33 Å². The van der Waals surface area contributed by atoms with E-state index < -0.39 is 10.8 Å². The molecule has 0 saturated heterocycles. The minimum atomic E-state index is -0.537. The molecule has 3 aromatic heterocycles. The van der Waals surface area contributed by atoms with Gasteiger partial charge in [-0.05, 0) is 91.2 Å². The molecule has 6 heteroatoms. The molecule has 400 valence electrons. The number of rotatable bonds is 12. The van der Waals surface area contributed by atoms with Crippen LogP contribution in [-0.4, -0.2) is 14.1 Å². The summed E-state index contributed by atoms with van der Waals surface area (Å²) in [6, 6.07) is 79.4. The van der Waals surface area contributed by atoms with Crippen LogP contribution in [0.1, 0.15) is 128 Å². The van der Waals surface area contributed by atoms with Crippen molar-refractivity contribution < 1.29 is 30.4 Å². The van der Waals surface area contributed by atoms with Gasteiger partial charge in [0, 0.05) is 60.5 Å². The summed E-state index contributed by atoms with van der Waals surface area (Å²) in [5.74, 6) is 1.95. The van der Waals surface area contributed by atoms with Gasteiger partial charge in [-0.15, -0.1) is 35.2 Å². The van der Waals surface area contributed by atoms with E-state index in [9.17, 15) is 0 Å². The van der Waals surface area contributed by atoms with Crippen LogP contribution in [0, 0.1) is 18.5 Å². The summed E-state index contributed by atoms with van der Waals surface area (Å²) in [4.78, 5) is 5.04. The maximum Gasteiger partial charge on any atom is 0.267 e. The molecular formula is C73H70N4OPt-2. The van der Waals surface area contributed by atoms with Crippen molar-refractivity contribution in [2.45, 2.75) is 110 Å². The fourth-order valence-electron chi connectivity index (χ4n) is 11.3. The van der Waals surface area contributed by atoms with E-state index >= 15 is 0 Å². The minimum absolute atomic E-state index is 0. The van der Waals surface area contributed by atoms with Crippen molar-refractivity contribution in [3.05, 3.63) is 270 Å². The first-order chi connectivity index (χ1) is 37.2. The Balaban J connectivity index is 0.00000704. The molecule has 11 aromatic rings. The van der Waals surface area contributed by atoms with Gasteiger partial charge in [-0.1, -0.05) is 234 Å². The van der Waals surface area contributed by atoms with Crippen molar-refractivity contribution in [3.63, 3.8) is 0 Å². The number of aromatic nitrogens is 4. The molecule has 0 aliphatic heterocycles. The Morgan fingerprint density at radius 3 is 1.63 bits per heavy atom. The van der Waals surface area contributed by atoms with E-state index in [1.807, 2.05) is 12.3 Å². The van der Waals surface area contributed by atoms with E-state index in [1.165, 1.54) is 33.4 Å². The predicted octanol–water partition coefficient (Wildman–Crippen LogP) is 17.7. The number of ether oxygens (including phenoxy) is 1. The van der Waals surface area contributed by atoms with Crippen LogP contribution in [0.3, 0.4) is 0 Å². The summed E-state index contributed by atoms with van der Waals surface area (Å²) in [7, 11) is 0. The maximum atomic E-state index is 7.15. The fourth-order valence-corrected chi connectivity index (χ4v) is 11.3. The van der Waals surface area contributed by atoms with Crippen molar-refractivity contribution in [1.29, 1.82) is 0 Å². The van der Waals surface area contributed by atoms with Gasteiger partial charge in [0.2, 0.25) is 0 Å². The van der Waals surface area contributed by atoms with E-state index in [2.05, 4.69) is 309 Å². The first-order valence-corrected chi connectivity index (χ1v) is 27.4. The molecule has 0 spiro atoms. The van der Waals surface area contributed by atoms with Crippen LogP contribution in [0.15, 0.2) is 206 Å². The summed E-state index contributed by atoms with van der Waals surface area (Å²) in [5.41, 5.74) is 13.9. The zero-order chi connectivity index (χ0) is 54.8. The number of imidazole rings is 1. The van der Waals surface area contributed by atoms with Crippen LogP contribution >= 0.6 is 0 Å². The summed E-state index contributed by atoms with van der Waals surface area (Å²) in [6.07, 6.45) is 5.94. The number of benzene rings is 8. The molecule has 11 rings (SSSR count). The molecule has 0 fully saturated rings. The smallest absolute Gasteiger partial charge is 0.267 e. The van der Waals surface area contributed by atoms with E-state index in [0.717, 1.165) is 61.5 Å². The molecule has 0 aliphatic rings. The van der Waals surface area contributed by atoms with E-state index in [4.69, 9.17) is 9.72 Å². The van der Waals surface area contributed by atoms with Gasteiger partial charge in [0.15, 0.2) is 0 Å². The minimum Gasteiger partial charge on any atom is -0.510 e. The largest absolute Gasteiger partial charge is 0.510 e. The summed E-state index contributed by atoms with van der Waals surface area (Å²) >= 11 is 0. The number of nitrogens with zero attached hydrogens (tertiary/aromatic N) is 4. The average molecular weight is 1210 g/mol. The average Bonchev–Trinajstić information content (AvgIpc) is 3.78. The van der Waals surface area contributed by atoms with Crippen LogP contribution in [0.5, 0.6) is 11.5 Å². The molecule has 79 heavy (non-hydrogen) atoms. The van der Waals surface area contributed by atoms with Crippen molar-refractivity contribution in [1.82, 2.24) is 14.1 Å². The molecule has 0 atom stereocenters. The Hall–Kier alpha value is -7.59. The van der Waals surface area contributed by atoms with Gasteiger partial charge in [0.05, 0.1) is 17.1 Å². The molecule has 0 unspecified atom stereocenters. The maximum absolute atomic E-state index is 7.15. The molecule has 0 aliphatic carbocycles. The van der Waals surface area contributed by atoms with E-state index in [-0.39, 0.29) is 37.3 Å². The number of hydrogen-bond donors (Lipinski definition) is 0. The molecular weight excluding hydrogens is 1140 g/mol. The zero-order valence-corrected chi connectivity index (χ0v) is 49.9. The predicted molar refractivity (Wildman–Crippen MR) is 321 cm³/mol. The molecule has 3 heterocycles. The van der Waals surface area contributed by atoms with Crippen molar-refractivity contribution in [3.8, 4) is 39.8 Å². The Morgan fingerprint density at radius 2 is 1.01 bits per heavy atom. The summed E-state index contributed by atoms with van der Waals surface area (Å²) in [5, 5.41) is 2.20. The van der Waals surface area contributed by atoms with E-state index in [1.54, 1.807) is 0 Å². The van der Waals surface area contributed by atoms with Gasteiger partial charge in [-0.25, -0.2) is 4.98 Å². The molecule has 5 nitrogen and oxygen atoms in total. The second kappa shape index (κ2) is 20.9. The van der Waals surface area contributed by atoms with Crippen molar-refractivity contribution in [2.24, 2.45) is 0 Å². The standard InChI is InChI=1S/C73H70N4O.Pt/c1-69(2,3)55-34-25-35-58(44-55)75-49-76(68(73(11,12)54-32-23-16-24-33-54)67(75)72(9,10)53-30-21-15-22-31-53)59-42-51(50-26-17-13-18-27-50)43-61(47-59)78-60-37-38-62-63-45-57(71(7,8)52-28-19-14-20-29-52)36-39-64(63)77(65(62)48-60)66-46-56(40-41-74-66)70(4,5)6;/h13-46H,1-12H3;/q-2;. The zero-order valence-electron chi connectivity index (χ0n) is 47.6. The Labute approximate surface area is 482 Å². The Morgan fingerprint density at radius 1 is 0.443 bits per heavy atom. The first-order valence-electron chi connectivity index (χ1n) is 27.4. The summed E-state index contributed by atoms with van der Waals surface area (Å²) < 4.78 is 14.0. The van der Waals surface area contributed by atoms with Crippen LogP contribution < -0.4 is 9.30 Å². The third-order valence-electron chi connectivity index (χ3n) is 16.1. The van der Waals surface area contributed by atoms with E-state index in [0.29, 0.717) is 11.5 Å². The Kier molecular flexibility index (Phi) is 14.5. The van der Waals surface area contributed by atoms with Crippen LogP contribution in [0.25, 0.3) is 50.1 Å². The molecule has 0 amide bonds. The third kappa shape index (κ3) is 10.4. The number of hydrogen-bond acceptors (Lipinski definition) is 2. The number of fused-ring (bicyclic) bond motifs is 3. The Bertz CT molecular complexity index is 3970. The van der Waals surface area contributed by atoms with Crippen molar-refractivity contribution >= 4 is 21.8 Å². The summed E-state index contributed by atoms with van der Waals surface area (Å²) in [6.45, 7) is 27.5. The quantitative estimate of drug-likeness (QED) is 0.0903. The first kappa shape index (κ1) is 54.8. The van der Waals surface area contributed by atoms with Crippen LogP contribution in [0.2, 0.25) is 0 Å². The van der Waals surface area contributed by atoms with Crippen molar-refractivity contribution in [2.75, 3.05) is 0 Å². The molecule has 0 bridgehead atoms. The third-order valence-corrected chi connectivity index (χ3v) is 16.1. The fraction of sp³-hybridized carbons (Fsp3) is 0.233. The SMILES string of the molecule is CC(C)(C)c1cccc(-[n+]2[c-]n(-c3[c-]c(Oc4[c-]c5c(cc4)c4cc(C(C)(C)c6ccccc6)ccc4n5-c4cc(C(C)(C)C)ccn4)cc(-c4ccccc4)c3)c(C(C)(C)c3ccccc3)c2C(C)(C)c2ccccc2)c1.[Pt]. The normalized spacial score (nSPS) is 12.5. The molecule has 0 N–H and O–H groups in total. The van der Waals surface area contributed by atoms with Gasteiger partial charge in [0.1, 0.15) is 5.82 Å². The van der Waals surface area contributed by atoms with Gasteiger partial charge >= 0.3 is 0 Å². The molecule has 8 aromatic carbocycles. The van der Waals surface area contributed by atoms with Crippen LogP contribution in [-0.2, 0) is 48.1 Å². The monoisotopic (exact) mass is 1210 g/mol. The van der Waals surface area contributed by atoms with Crippen LogP contribution in [0.4, 0.5) is 0 Å². The topological polar surface area (TPSA) is 35.9 Å². The van der Waals surface area contributed by atoms with Gasteiger partial charge in [-0.2, -0.15) is 12.1 Å². The molecule has 0 saturated carbocycles. The second-order valence-corrected chi connectivity index (χ2v) is 24.6. The van der Waals surface area contributed by atoms with Gasteiger partial charge < -0.3 is 13.9 Å². The molecule has 0 radical (unpaired) electrons.